The predicted octanol–water partition coefficient (Wildman–Crippen LogP) is 0.400. The standard InChI is InChI=1S/C10H7N3O/c11-9(14)2-1-7-5-8-3-4-12-10(8)13-6-7/h3-6H,(H2,11,14)(H,12,13). The van der Waals surface area contributed by atoms with Crippen LogP contribution in [0, 0.1) is 11.8 Å². The van der Waals surface area contributed by atoms with Crippen LogP contribution in [0.2, 0.25) is 0 Å². The fourth-order valence-electron chi connectivity index (χ4n) is 1.14. The summed E-state index contributed by atoms with van der Waals surface area (Å²) in [6, 6.07) is 3.73. The van der Waals surface area contributed by atoms with Crippen molar-refractivity contribution in [1.82, 2.24) is 9.97 Å². The monoisotopic (exact) mass is 185 g/mol. The van der Waals surface area contributed by atoms with E-state index in [4.69, 9.17) is 5.73 Å². The van der Waals surface area contributed by atoms with Crippen LogP contribution in [0.15, 0.2) is 24.5 Å². The summed E-state index contributed by atoms with van der Waals surface area (Å²) in [6.45, 7) is 0. The molecule has 0 spiro atoms. The molecular weight excluding hydrogens is 178 g/mol. The molecule has 0 aromatic carbocycles. The van der Waals surface area contributed by atoms with Gasteiger partial charge in [0.05, 0.1) is 0 Å². The maximum atomic E-state index is 10.4. The number of fused-ring (bicyclic) bond motifs is 1. The number of primary amides is 1. The smallest absolute Gasteiger partial charge is 0.293 e. The van der Waals surface area contributed by atoms with Gasteiger partial charge in [-0.05, 0) is 12.1 Å². The molecule has 0 saturated heterocycles. The number of amides is 1. The van der Waals surface area contributed by atoms with Crippen molar-refractivity contribution in [2.75, 3.05) is 0 Å². The summed E-state index contributed by atoms with van der Waals surface area (Å²) in [5, 5.41) is 0.960. The topological polar surface area (TPSA) is 71.8 Å². The molecule has 0 aliphatic heterocycles. The van der Waals surface area contributed by atoms with E-state index in [1.807, 2.05) is 12.1 Å². The number of rotatable bonds is 0. The third-order valence-electron chi connectivity index (χ3n) is 1.73. The lowest BCUT2D eigenvalue weighted by Crippen LogP contribution is -2.06. The molecule has 0 fully saturated rings. The van der Waals surface area contributed by atoms with Crippen LogP contribution in [0.5, 0.6) is 0 Å². The van der Waals surface area contributed by atoms with Crippen molar-refractivity contribution in [3.8, 4) is 11.8 Å². The number of hydrogen-bond acceptors (Lipinski definition) is 2. The van der Waals surface area contributed by atoms with Crippen LogP contribution >= 0.6 is 0 Å². The van der Waals surface area contributed by atoms with E-state index in [9.17, 15) is 4.79 Å². The molecule has 2 aromatic rings. The highest BCUT2D eigenvalue weighted by molar-refractivity contribution is 5.92. The van der Waals surface area contributed by atoms with Gasteiger partial charge in [-0.3, -0.25) is 4.79 Å². The Morgan fingerprint density at radius 1 is 1.57 bits per heavy atom. The molecule has 0 radical (unpaired) electrons. The van der Waals surface area contributed by atoms with E-state index in [0.29, 0.717) is 5.56 Å². The van der Waals surface area contributed by atoms with Crippen LogP contribution in [0.25, 0.3) is 11.0 Å². The van der Waals surface area contributed by atoms with Crippen LogP contribution in [0.1, 0.15) is 5.56 Å². The molecular formula is C10H7N3O. The van der Waals surface area contributed by atoms with E-state index in [2.05, 4.69) is 21.8 Å². The van der Waals surface area contributed by atoms with Crippen molar-refractivity contribution >= 4 is 16.9 Å². The molecule has 0 bridgehead atoms. The molecule has 0 unspecified atom stereocenters. The van der Waals surface area contributed by atoms with Gasteiger partial charge in [-0.25, -0.2) is 4.98 Å². The van der Waals surface area contributed by atoms with E-state index >= 15 is 0 Å². The highest BCUT2D eigenvalue weighted by Crippen LogP contribution is 2.09. The van der Waals surface area contributed by atoms with Crippen LogP contribution in [-0.4, -0.2) is 15.9 Å². The van der Waals surface area contributed by atoms with Crippen molar-refractivity contribution in [2.45, 2.75) is 0 Å². The summed E-state index contributed by atoms with van der Waals surface area (Å²) in [4.78, 5) is 17.5. The van der Waals surface area contributed by atoms with E-state index in [1.165, 1.54) is 0 Å². The Balaban J connectivity index is 2.45. The van der Waals surface area contributed by atoms with Crippen LogP contribution in [-0.2, 0) is 4.79 Å². The number of carbonyl (C=O) groups is 1. The second-order valence-electron chi connectivity index (χ2n) is 2.75. The summed E-state index contributed by atoms with van der Waals surface area (Å²) in [5.41, 5.74) is 6.37. The number of nitrogens with two attached hydrogens (primary N) is 1. The Hall–Kier alpha value is -2.28. The van der Waals surface area contributed by atoms with E-state index < -0.39 is 5.91 Å². The number of nitrogens with one attached hydrogen (secondary N) is 1. The lowest BCUT2D eigenvalue weighted by atomic mass is 10.2. The van der Waals surface area contributed by atoms with Gasteiger partial charge in [0, 0.05) is 29.3 Å². The lowest BCUT2D eigenvalue weighted by Gasteiger charge is -1.89. The van der Waals surface area contributed by atoms with Crippen molar-refractivity contribution < 1.29 is 4.79 Å². The summed E-state index contributed by atoms with van der Waals surface area (Å²) in [6.07, 6.45) is 3.39. The third-order valence-corrected chi connectivity index (χ3v) is 1.73. The Bertz CT molecular complexity index is 545. The van der Waals surface area contributed by atoms with E-state index in [1.54, 1.807) is 12.4 Å². The zero-order valence-electron chi connectivity index (χ0n) is 7.24. The average molecular weight is 185 g/mol. The first-order chi connectivity index (χ1) is 6.75. The molecule has 0 saturated carbocycles. The molecule has 2 rings (SSSR count). The van der Waals surface area contributed by atoms with Gasteiger partial charge in [-0.1, -0.05) is 5.92 Å². The minimum Gasteiger partial charge on any atom is -0.359 e. The summed E-state index contributed by atoms with van der Waals surface area (Å²) < 4.78 is 0. The average Bonchev–Trinajstić information content (AvgIpc) is 2.61. The molecule has 0 aliphatic carbocycles. The highest BCUT2D eigenvalue weighted by atomic mass is 16.1. The van der Waals surface area contributed by atoms with Crippen molar-refractivity contribution in [2.24, 2.45) is 5.73 Å². The lowest BCUT2D eigenvalue weighted by molar-refractivity contribution is -0.112. The summed E-state index contributed by atoms with van der Waals surface area (Å²) in [7, 11) is 0. The largest absolute Gasteiger partial charge is 0.359 e. The van der Waals surface area contributed by atoms with Crippen molar-refractivity contribution in [1.29, 1.82) is 0 Å². The molecule has 0 atom stereocenters. The molecule has 0 aliphatic rings. The first-order valence-corrected chi connectivity index (χ1v) is 4.00. The molecule has 1 amide bonds. The van der Waals surface area contributed by atoms with Gasteiger partial charge >= 0.3 is 0 Å². The quantitative estimate of drug-likeness (QED) is 0.583. The number of carbonyl (C=O) groups excluding carboxylic acids is 1. The van der Waals surface area contributed by atoms with Crippen LogP contribution < -0.4 is 5.73 Å². The van der Waals surface area contributed by atoms with Gasteiger partial charge in [-0.2, -0.15) is 0 Å². The molecule has 68 valence electrons. The van der Waals surface area contributed by atoms with Gasteiger partial charge in [0.15, 0.2) is 0 Å². The normalized spacial score (nSPS) is 9.43. The highest BCUT2D eigenvalue weighted by Gasteiger charge is 1.95. The van der Waals surface area contributed by atoms with E-state index in [-0.39, 0.29) is 0 Å². The number of H-pyrrole nitrogens is 1. The van der Waals surface area contributed by atoms with E-state index in [0.717, 1.165) is 11.0 Å². The molecule has 3 N–H and O–H groups in total. The van der Waals surface area contributed by atoms with Gasteiger partial charge < -0.3 is 10.7 Å². The fraction of sp³-hybridized carbons (Fsp3) is 0. The summed E-state index contributed by atoms with van der Waals surface area (Å²) >= 11 is 0. The third kappa shape index (κ3) is 1.57. The van der Waals surface area contributed by atoms with Gasteiger partial charge in [0.1, 0.15) is 5.65 Å². The SMILES string of the molecule is NC(=O)C#Cc1cnc2[nH]ccc2c1. The number of hydrogen-bond donors (Lipinski definition) is 2. The number of aromatic amines is 1. The Morgan fingerprint density at radius 2 is 2.43 bits per heavy atom. The van der Waals surface area contributed by atoms with Gasteiger partial charge in [0.25, 0.3) is 5.91 Å². The number of nitrogens with zero attached hydrogens (tertiary/aromatic N) is 1. The van der Waals surface area contributed by atoms with Gasteiger partial charge in [0.2, 0.25) is 0 Å². The van der Waals surface area contributed by atoms with Crippen molar-refractivity contribution in [3.05, 3.63) is 30.1 Å². The Kier molecular flexibility index (Phi) is 1.92. The Labute approximate surface area is 80.1 Å². The van der Waals surface area contributed by atoms with Crippen molar-refractivity contribution in [3.63, 3.8) is 0 Å². The number of aromatic nitrogens is 2. The molecule has 2 aromatic heterocycles. The second-order valence-corrected chi connectivity index (χ2v) is 2.75. The van der Waals surface area contributed by atoms with Crippen LogP contribution in [0.4, 0.5) is 0 Å². The Morgan fingerprint density at radius 3 is 3.21 bits per heavy atom. The van der Waals surface area contributed by atoms with Gasteiger partial charge in [-0.15, -0.1) is 0 Å². The first kappa shape index (κ1) is 8.32. The minimum atomic E-state index is -0.640. The zero-order valence-corrected chi connectivity index (χ0v) is 7.24. The maximum absolute atomic E-state index is 10.4. The second kappa shape index (κ2) is 3.23. The summed E-state index contributed by atoms with van der Waals surface area (Å²) in [5.74, 6) is 4.24. The minimum absolute atomic E-state index is 0.640. The molecule has 4 heteroatoms. The number of pyridine rings is 1. The molecule has 14 heavy (non-hydrogen) atoms. The zero-order chi connectivity index (χ0) is 9.97. The predicted molar refractivity (Wildman–Crippen MR) is 52.2 cm³/mol. The fourth-order valence-corrected chi connectivity index (χ4v) is 1.14. The molecule has 2 heterocycles. The maximum Gasteiger partial charge on any atom is 0.293 e. The van der Waals surface area contributed by atoms with Crippen LogP contribution in [0.3, 0.4) is 0 Å². The first-order valence-electron chi connectivity index (χ1n) is 4.00. The molecule has 4 nitrogen and oxygen atoms in total.